The Hall–Kier alpha value is -2.08. The fraction of sp³-hybridized carbons (Fsp3) is 0.167. The van der Waals surface area contributed by atoms with E-state index in [1.54, 1.807) is 24.3 Å². The Labute approximate surface area is 89.4 Å². The standard InChI is InChI=1S/C12H13N3/c1-8-5-10(12(14)15)4-3-9(2)11(6-8)7-13/h3-6H,1-2H3,(H3,14,15)/b4-3-,8-5?,8-6?,9-3?,10-4?,10-5?,11-6?,11-9+. The molecular weight excluding hydrogens is 186 g/mol. The molecule has 0 saturated heterocycles. The van der Waals surface area contributed by atoms with E-state index in [0.717, 1.165) is 11.1 Å². The maximum Gasteiger partial charge on any atom is 0.122 e. The number of hydrogen-bond donors (Lipinski definition) is 2. The summed E-state index contributed by atoms with van der Waals surface area (Å²) in [5.74, 6) is 0.0345. The zero-order chi connectivity index (χ0) is 11.4. The third-order valence-corrected chi connectivity index (χ3v) is 2.12. The van der Waals surface area contributed by atoms with E-state index >= 15 is 0 Å². The Morgan fingerprint density at radius 1 is 1.33 bits per heavy atom. The van der Waals surface area contributed by atoms with Crippen LogP contribution in [0.25, 0.3) is 0 Å². The van der Waals surface area contributed by atoms with Crippen LogP contribution in [0.15, 0.2) is 46.6 Å². The number of amidine groups is 1. The van der Waals surface area contributed by atoms with E-state index in [1.165, 1.54) is 0 Å². The highest BCUT2D eigenvalue weighted by Gasteiger charge is 2.03. The van der Waals surface area contributed by atoms with Crippen molar-refractivity contribution >= 4 is 5.84 Å². The van der Waals surface area contributed by atoms with Gasteiger partial charge in [-0.05, 0) is 37.1 Å². The molecule has 76 valence electrons. The fourth-order valence-electron chi connectivity index (χ4n) is 1.27. The number of nitriles is 1. The predicted molar refractivity (Wildman–Crippen MR) is 61.2 cm³/mol. The van der Waals surface area contributed by atoms with Crippen LogP contribution in [0, 0.1) is 16.7 Å². The number of hydrogen-bond acceptors (Lipinski definition) is 2. The minimum atomic E-state index is 0.0345. The van der Waals surface area contributed by atoms with Gasteiger partial charge in [0.25, 0.3) is 0 Å². The molecule has 0 unspecified atom stereocenters. The third-order valence-electron chi connectivity index (χ3n) is 2.12. The lowest BCUT2D eigenvalue weighted by Gasteiger charge is -2.05. The molecular formula is C12H13N3. The highest BCUT2D eigenvalue weighted by molar-refractivity contribution is 5.97. The van der Waals surface area contributed by atoms with Crippen LogP contribution in [-0.2, 0) is 0 Å². The average molecular weight is 199 g/mol. The lowest BCUT2D eigenvalue weighted by molar-refractivity contribution is 1.35. The van der Waals surface area contributed by atoms with Crippen LogP contribution >= 0.6 is 0 Å². The number of nitrogens with two attached hydrogens (primary N) is 1. The van der Waals surface area contributed by atoms with Crippen molar-refractivity contribution in [3.63, 3.8) is 0 Å². The van der Waals surface area contributed by atoms with Gasteiger partial charge in [-0.1, -0.05) is 12.2 Å². The van der Waals surface area contributed by atoms with E-state index in [9.17, 15) is 0 Å². The molecule has 3 N–H and O–H groups in total. The summed E-state index contributed by atoms with van der Waals surface area (Å²) >= 11 is 0. The molecule has 0 aliphatic heterocycles. The average Bonchev–Trinajstić information content (AvgIpc) is 2.17. The van der Waals surface area contributed by atoms with Crippen molar-refractivity contribution in [1.82, 2.24) is 0 Å². The monoisotopic (exact) mass is 199 g/mol. The van der Waals surface area contributed by atoms with Crippen molar-refractivity contribution in [2.45, 2.75) is 13.8 Å². The van der Waals surface area contributed by atoms with Crippen LogP contribution in [0.1, 0.15) is 13.8 Å². The summed E-state index contributed by atoms with van der Waals surface area (Å²) in [6.07, 6.45) is 7.14. The molecule has 0 heterocycles. The molecule has 1 rings (SSSR count). The van der Waals surface area contributed by atoms with Crippen LogP contribution in [0.4, 0.5) is 0 Å². The van der Waals surface area contributed by atoms with Gasteiger partial charge in [0.1, 0.15) is 5.84 Å². The van der Waals surface area contributed by atoms with Crippen LogP contribution in [0.5, 0.6) is 0 Å². The molecule has 0 aromatic heterocycles. The lowest BCUT2D eigenvalue weighted by atomic mass is 10.0. The summed E-state index contributed by atoms with van der Waals surface area (Å²) in [4.78, 5) is 0. The molecule has 3 nitrogen and oxygen atoms in total. The highest BCUT2D eigenvalue weighted by atomic mass is 14.7. The lowest BCUT2D eigenvalue weighted by Crippen LogP contribution is -2.11. The van der Waals surface area contributed by atoms with Gasteiger partial charge in [-0.2, -0.15) is 5.26 Å². The van der Waals surface area contributed by atoms with Crippen molar-refractivity contribution in [2.75, 3.05) is 0 Å². The summed E-state index contributed by atoms with van der Waals surface area (Å²) in [7, 11) is 0. The van der Waals surface area contributed by atoms with Gasteiger partial charge in [0, 0.05) is 5.57 Å². The van der Waals surface area contributed by atoms with Gasteiger partial charge in [-0.15, -0.1) is 0 Å². The zero-order valence-electron chi connectivity index (χ0n) is 8.83. The van der Waals surface area contributed by atoms with Crippen molar-refractivity contribution in [1.29, 1.82) is 10.7 Å². The molecule has 15 heavy (non-hydrogen) atoms. The SMILES string of the molecule is CC1=C/C(C#N)=C(C)\C=C/C(C(=N)N)=C1. The molecule has 0 bridgehead atoms. The smallest absolute Gasteiger partial charge is 0.122 e. The summed E-state index contributed by atoms with van der Waals surface area (Å²) in [5, 5.41) is 16.3. The Morgan fingerprint density at radius 3 is 2.53 bits per heavy atom. The van der Waals surface area contributed by atoms with E-state index in [0.29, 0.717) is 11.1 Å². The Bertz CT molecular complexity index is 454. The molecule has 0 atom stereocenters. The Balaban J connectivity index is 3.25. The summed E-state index contributed by atoms with van der Waals surface area (Å²) in [6, 6.07) is 2.13. The molecule has 0 fully saturated rings. The first-order valence-electron chi connectivity index (χ1n) is 4.58. The molecule has 0 spiro atoms. The Kier molecular flexibility index (Phi) is 3.25. The van der Waals surface area contributed by atoms with Crippen molar-refractivity contribution < 1.29 is 0 Å². The second-order valence-corrected chi connectivity index (χ2v) is 3.44. The molecule has 1 aliphatic rings. The number of rotatable bonds is 1. The van der Waals surface area contributed by atoms with Gasteiger partial charge >= 0.3 is 0 Å². The maximum absolute atomic E-state index is 8.90. The van der Waals surface area contributed by atoms with Crippen LogP contribution in [0.3, 0.4) is 0 Å². The first kappa shape index (κ1) is 11.0. The minimum absolute atomic E-state index is 0.0345. The van der Waals surface area contributed by atoms with E-state index in [-0.39, 0.29) is 5.84 Å². The largest absolute Gasteiger partial charge is 0.384 e. The van der Waals surface area contributed by atoms with Gasteiger partial charge in [0.15, 0.2) is 0 Å². The Morgan fingerprint density at radius 2 is 2.00 bits per heavy atom. The number of nitrogens with zero attached hydrogens (tertiary/aromatic N) is 1. The van der Waals surface area contributed by atoms with E-state index in [1.807, 2.05) is 13.8 Å². The van der Waals surface area contributed by atoms with Crippen LogP contribution in [0.2, 0.25) is 0 Å². The molecule has 0 saturated carbocycles. The third kappa shape index (κ3) is 2.68. The van der Waals surface area contributed by atoms with Gasteiger partial charge in [0.05, 0.1) is 11.6 Å². The predicted octanol–water partition coefficient (Wildman–Crippen LogP) is 2.20. The van der Waals surface area contributed by atoms with E-state index < -0.39 is 0 Å². The number of allylic oxidation sites excluding steroid dienone is 6. The van der Waals surface area contributed by atoms with Gasteiger partial charge in [-0.25, -0.2) is 0 Å². The molecule has 1 aliphatic carbocycles. The van der Waals surface area contributed by atoms with Crippen LogP contribution < -0.4 is 5.73 Å². The first-order chi connectivity index (χ1) is 7.04. The van der Waals surface area contributed by atoms with E-state index in [2.05, 4.69) is 6.07 Å². The quantitative estimate of drug-likeness (QED) is 0.502. The second-order valence-electron chi connectivity index (χ2n) is 3.44. The summed E-state index contributed by atoms with van der Waals surface area (Å²) in [6.45, 7) is 3.74. The van der Waals surface area contributed by atoms with Crippen LogP contribution in [-0.4, -0.2) is 5.84 Å². The fourth-order valence-corrected chi connectivity index (χ4v) is 1.27. The molecule has 0 radical (unpaired) electrons. The zero-order valence-corrected chi connectivity index (χ0v) is 8.83. The van der Waals surface area contributed by atoms with Crippen molar-refractivity contribution in [3.8, 4) is 6.07 Å². The number of nitrogens with one attached hydrogen (secondary N) is 1. The van der Waals surface area contributed by atoms with Crippen molar-refractivity contribution in [3.05, 3.63) is 46.6 Å². The first-order valence-corrected chi connectivity index (χ1v) is 4.58. The van der Waals surface area contributed by atoms with E-state index in [4.69, 9.17) is 16.4 Å². The van der Waals surface area contributed by atoms with Gasteiger partial charge in [0.2, 0.25) is 0 Å². The molecule has 0 aromatic carbocycles. The molecule has 0 amide bonds. The minimum Gasteiger partial charge on any atom is -0.384 e. The highest BCUT2D eigenvalue weighted by Crippen LogP contribution is 2.15. The second kappa shape index (κ2) is 4.43. The van der Waals surface area contributed by atoms with Crippen molar-refractivity contribution in [2.24, 2.45) is 5.73 Å². The normalized spacial score (nSPS) is 23.0. The van der Waals surface area contributed by atoms with Gasteiger partial charge in [-0.3, -0.25) is 5.41 Å². The maximum atomic E-state index is 8.90. The topological polar surface area (TPSA) is 73.7 Å². The summed E-state index contributed by atoms with van der Waals surface area (Å²) in [5.41, 5.74) is 8.52. The van der Waals surface area contributed by atoms with Gasteiger partial charge < -0.3 is 5.73 Å². The molecule has 3 heteroatoms. The summed E-state index contributed by atoms with van der Waals surface area (Å²) < 4.78 is 0. The molecule has 0 aromatic rings.